The predicted octanol–water partition coefficient (Wildman–Crippen LogP) is 0.415. The molecule has 3 N–H and O–H groups in total. The molecule has 0 spiro atoms. The number of aliphatic hydroxyl groups excluding tert-OH is 1. The van der Waals surface area contributed by atoms with E-state index in [2.05, 4.69) is 5.32 Å². The van der Waals surface area contributed by atoms with Crippen LogP contribution in [0.1, 0.15) is 19.3 Å². The van der Waals surface area contributed by atoms with Crippen molar-refractivity contribution in [1.29, 1.82) is 0 Å². The van der Waals surface area contributed by atoms with Gasteiger partial charge >= 0.3 is 6.09 Å². The molecule has 1 saturated carbocycles. The average molecular weight is 159 g/mol. The normalized spacial score (nSPS) is 30.3. The highest BCUT2D eigenvalue weighted by Crippen LogP contribution is 2.24. The van der Waals surface area contributed by atoms with Crippen LogP contribution in [0.2, 0.25) is 0 Å². The number of carbonyl (C=O) groups is 1. The van der Waals surface area contributed by atoms with Crippen LogP contribution >= 0.6 is 0 Å². The molecule has 0 aliphatic heterocycles. The van der Waals surface area contributed by atoms with E-state index in [4.69, 9.17) is 10.2 Å². The maximum absolute atomic E-state index is 10.2. The molecule has 1 amide bonds. The lowest BCUT2D eigenvalue weighted by Gasteiger charge is -2.08. The maximum Gasteiger partial charge on any atom is 0.404 e. The first-order valence-corrected chi connectivity index (χ1v) is 3.82. The summed E-state index contributed by atoms with van der Waals surface area (Å²) in [5.41, 5.74) is 0. The second-order valence-electron chi connectivity index (χ2n) is 3.01. The molecule has 2 atom stereocenters. The van der Waals surface area contributed by atoms with E-state index < -0.39 is 6.09 Å². The first kappa shape index (κ1) is 8.33. The largest absolute Gasteiger partial charge is 0.465 e. The molecule has 0 unspecified atom stereocenters. The van der Waals surface area contributed by atoms with Crippen LogP contribution in [0.15, 0.2) is 0 Å². The lowest BCUT2D eigenvalue weighted by atomic mass is 10.1. The first-order chi connectivity index (χ1) is 5.22. The summed E-state index contributed by atoms with van der Waals surface area (Å²) < 4.78 is 0. The molecule has 4 nitrogen and oxygen atoms in total. The van der Waals surface area contributed by atoms with Crippen LogP contribution in [-0.4, -0.2) is 29.0 Å². The van der Waals surface area contributed by atoms with Crippen molar-refractivity contribution in [3.05, 3.63) is 0 Å². The summed E-state index contributed by atoms with van der Waals surface area (Å²) in [4.78, 5) is 10.2. The third-order valence-corrected chi connectivity index (χ3v) is 2.13. The van der Waals surface area contributed by atoms with Crippen molar-refractivity contribution < 1.29 is 15.0 Å². The lowest BCUT2D eigenvalue weighted by molar-refractivity contribution is 0.188. The molecular weight excluding hydrogens is 146 g/mol. The molecule has 4 heteroatoms. The van der Waals surface area contributed by atoms with Gasteiger partial charge in [-0.25, -0.2) is 4.79 Å². The smallest absolute Gasteiger partial charge is 0.404 e. The van der Waals surface area contributed by atoms with Gasteiger partial charge in [-0.2, -0.15) is 0 Å². The van der Waals surface area contributed by atoms with E-state index in [1.807, 2.05) is 0 Å². The van der Waals surface area contributed by atoms with Crippen molar-refractivity contribution in [3.63, 3.8) is 0 Å². The zero-order chi connectivity index (χ0) is 8.27. The minimum atomic E-state index is -0.964. The third kappa shape index (κ3) is 2.38. The van der Waals surface area contributed by atoms with Gasteiger partial charge in [0.15, 0.2) is 0 Å². The molecule has 0 aromatic heterocycles. The number of aliphatic hydroxyl groups is 1. The second kappa shape index (κ2) is 3.57. The number of amides is 1. The number of hydrogen-bond acceptors (Lipinski definition) is 2. The minimum absolute atomic E-state index is 0.0599. The zero-order valence-corrected chi connectivity index (χ0v) is 6.29. The van der Waals surface area contributed by atoms with E-state index in [0.29, 0.717) is 5.92 Å². The highest BCUT2D eigenvalue weighted by Gasteiger charge is 2.24. The topological polar surface area (TPSA) is 69.6 Å². The van der Waals surface area contributed by atoms with Crippen LogP contribution in [0.5, 0.6) is 0 Å². The Labute approximate surface area is 65.2 Å². The molecular formula is C7H13NO3. The molecule has 11 heavy (non-hydrogen) atoms. The molecule has 0 heterocycles. The predicted molar refractivity (Wildman–Crippen MR) is 39.4 cm³/mol. The Morgan fingerprint density at radius 2 is 2.27 bits per heavy atom. The number of carboxylic acid groups (broad SMARTS) is 1. The fourth-order valence-corrected chi connectivity index (χ4v) is 1.55. The zero-order valence-electron chi connectivity index (χ0n) is 6.29. The molecule has 1 aliphatic rings. The molecule has 0 aromatic rings. The fraction of sp³-hybridized carbons (Fsp3) is 0.857. The average Bonchev–Trinajstić information content (AvgIpc) is 2.34. The summed E-state index contributed by atoms with van der Waals surface area (Å²) in [6.07, 6.45) is 1.61. The van der Waals surface area contributed by atoms with Gasteiger partial charge in [-0.3, -0.25) is 0 Å². The number of rotatable bonds is 2. The van der Waals surface area contributed by atoms with E-state index in [1.165, 1.54) is 0 Å². The van der Waals surface area contributed by atoms with Gasteiger partial charge in [0, 0.05) is 12.6 Å². The maximum atomic E-state index is 10.2. The molecule has 0 aromatic carbocycles. The second-order valence-corrected chi connectivity index (χ2v) is 3.01. The summed E-state index contributed by atoms with van der Waals surface area (Å²) >= 11 is 0. The van der Waals surface area contributed by atoms with Gasteiger partial charge in [0.25, 0.3) is 0 Å². The molecule has 64 valence electrons. The van der Waals surface area contributed by atoms with Gasteiger partial charge in [-0.05, 0) is 25.2 Å². The van der Waals surface area contributed by atoms with E-state index in [-0.39, 0.29) is 12.6 Å². The fourth-order valence-electron chi connectivity index (χ4n) is 1.55. The van der Waals surface area contributed by atoms with Crippen molar-refractivity contribution in [2.75, 3.05) is 6.61 Å². The Morgan fingerprint density at radius 3 is 2.73 bits per heavy atom. The Balaban J connectivity index is 2.24. The van der Waals surface area contributed by atoms with Crippen LogP contribution in [0, 0.1) is 5.92 Å². The van der Waals surface area contributed by atoms with Crippen molar-refractivity contribution in [1.82, 2.24) is 5.32 Å². The first-order valence-electron chi connectivity index (χ1n) is 3.82. The monoisotopic (exact) mass is 159 g/mol. The van der Waals surface area contributed by atoms with Crippen molar-refractivity contribution in [3.8, 4) is 0 Å². The minimum Gasteiger partial charge on any atom is -0.465 e. The van der Waals surface area contributed by atoms with Crippen LogP contribution < -0.4 is 5.32 Å². The molecule has 0 radical (unpaired) electrons. The van der Waals surface area contributed by atoms with Gasteiger partial charge in [0.2, 0.25) is 0 Å². The summed E-state index contributed by atoms with van der Waals surface area (Å²) in [5.74, 6) is 0.298. The van der Waals surface area contributed by atoms with Crippen molar-refractivity contribution in [2.45, 2.75) is 25.3 Å². The Bertz CT molecular complexity index is 149. The Kier molecular flexibility index (Phi) is 2.70. The summed E-state index contributed by atoms with van der Waals surface area (Å²) in [6, 6.07) is 0.0599. The molecule has 1 fully saturated rings. The standard InChI is InChI=1S/C7H13NO3/c9-4-5-1-2-6(3-5)8-7(10)11/h5-6,8-9H,1-4H2,(H,10,11)/t5-,6-/m1/s1. The lowest BCUT2D eigenvalue weighted by Crippen LogP contribution is -2.31. The van der Waals surface area contributed by atoms with Crippen molar-refractivity contribution >= 4 is 6.09 Å². The van der Waals surface area contributed by atoms with Crippen LogP contribution in [0.25, 0.3) is 0 Å². The molecule has 1 rings (SSSR count). The van der Waals surface area contributed by atoms with Gasteiger partial charge in [0.05, 0.1) is 0 Å². The van der Waals surface area contributed by atoms with E-state index in [1.54, 1.807) is 0 Å². The summed E-state index contributed by atoms with van der Waals surface area (Å²) in [6.45, 7) is 0.178. The van der Waals surface area contributed by atoms with Crippen LogP contribution in [0.3, 0.4) is 0 Å². The van der Waals surface area contributed by atoms with Gasteiger partial charge in [-0.1, -0.05) is 0 Å². The molecule has 0 bridgehead atoms. The van der Waals surface area contributed by atoms with Gasteiger partial charge in [0.1, 0.15) is 0 Å². The Hall–Kier alpha value is -0.770. The van der Waals surface area contributed by atoms with E-state index in [9.17, 15) is 4.79 Å². The highest BCUT2D eigenvalue weighted by atomic mass is 16.4. The van der Waals surface area contributed by atoms with Crippen molar-refractivity contribution in [2.24, 2.45) is 5.92 Å². The van der Waals surface area contributed by atoms with Crippen LogP contribution in [-0.2, 0) is 0 Å². The van der Waals surface area contributed by atoms with Gasteiger partial charge in [-0.15, -0.1) is 0 Å². The summed E-state index contributed by atoms with van der Waals surface area (Å²) in [5, 5.41) is 19.5. The summed E-state index contributed by atoms with van der Waals surface area (Å²) in [7, 11) is 0. The van der Waals surface area contributed by atoms with Gasteiger partial charge < -0.3 is 15.5 Å². The van der Waals surface area contributed by atoms with Crippen LogP contribution in [0.4, 0.5) is 4.79 Å². The highest BCUT2D eigenvalue weighted by molar-refractivity contribution is 5.64. The van der Waals surface area contributed by atoms with E-state index in [0.717, 1.165) is 19.3 Å². The molecule has 0 saturated heterocycles. The number of hydrogen-bond donors (Lipinski definition) is 3. The third-order valence-electron chi connectivity index (χ3n) is 2.13. The molecule has 1 aliphatic carbocycles. The quantitative estimate of drug-likeness (QED) is 0.546. The SMILES string of the molecule is O=C(O)N[C@@H]1CC[C@@H](CO)C1. The number of nitrogens with one attached hydrogen (secondary N) is 1. The Morgan fingerprint density at radius 1 is 1.55 bits per heavy atom. The van der Waals surface area contributed by atoms with E-state index >= 15 is 0 Å².